The van der Waals surface area contributed by atoms with Crippen molar-refractivity contribution in [1.82, 2.24) is 9.97 Å². The minimum Gasteiger partial charge on any atom is -0.384 e. The van der Waals surface area contributed by atoms with Crippen molar-refractivity contribution in [2.45, 2.75) is 13.2 Å². The minimum atomic E-state index is 0.351. The Bertz CT molecular complexity index is 532. The molecule has 0 aliphatic heterocycles. The minimum absolute atomic E-state index is 0.351. The topological polar surface area (TPSA) is 73.1 Å². The Morgan fingerprint density at radius 2 is 2.28 bits per heavy atom. The molecule has 2 aromatic heterocycles. The van der Waals surface area contributed by atoms with Crippen LogP contribution in [0, 0.1) is 0 Å². The van der Waals surface area contributed by atoms with Gasteiger partial charge in [-0.25, -0.2) is 9.97 Å². The van der Waals surface area contributed by atoms with Gasteiger partial charge < -0.3 is 15.8 Å². The molecule has 0 radical (unpaired) electrons. The normalized spacial score (nSPS) is 10.6. The van der Waals surface area contributed by atoms with Crippen LogP contribution in [0.25, 0.3) is 0 Å². The molecule has 0 saturated heterocycles. The van der Waals surface area contributed by atoms with Crippen molar-refractivity contribution in [3.05, 3.63) is 32.7 Å². The molecule has 0 amide bonds. The number of methoxy groups -OCH3 is 1. The Kier molecular flexibility index (Phi) is 4.51. The number of nitrogens with one attached hydrogen (secondary N) is 1. The lowest BCUT2D eigenvalue weighted by Crippen LogP contribution is -2.06. The maximum atomic E-state index is 5.71. The van der Waals surface area contributed by atoms with Gasteiger partial charge in [0.15, 0.2) is 5.82 Å². The summed E-state index contributed by atoms with van der Waals surface area (Å²) < 4.78 is 6.10. The number of nitrogens with zero attached hydrogens (tertiary/aromatic N) is 2. The fraction of sp³-hybridized carbons (Fsp3) is 0.273. The van der Waals surface area contributed by atoms with Crippen LogP contribution in [0.3, 0.4) is 0 Å². The first kappa shape index (κ1) is 13.3. The SMILES string of the molecule is COCc1nc(N)cc(NCc2ccc(Br)s2)n1. The molecule has 0 bridgehead atoms. The highest BCUT2D eigenvalue weighted by Crippen LogP contribution is 2.22. The monoisotopic (exact) mass is 328 g/mol. The van der Waals surface area contributed by atoms with Gasteiger partial charge >= 0.3 is 0 Å². The van der Waals surface area contributed by atoms with Crippen LogP contribution in [0.4, 0.5) is 11.6 Å². The van der Waals surface area contributed by atoms with Gasteiger partial charge in [-0.2, -0.15) is 0 Å². The van der Waals surface area contributed by atoms with Crippen LogP contribution < -0.4 is 11.1 Å². The third kappa shape index (κ3) is 3.66. The third-order valence-electron chi connectivity index (χ3n) is 2.14. The number of nitrogens with two attached hydrogens (primary N) is 1. The molecule has 18 heavy (non-hydrogen) atoms. The largest absolute Gasteiger partial charge is 0.384 e. The zero-order chi connectivity index (χ0) is 13.0. The van der Waals surface area contributed by atoms with Gasteiger partial charge in [0.05, 0.1) is 10.3 Å². The van der Waals surface area contributed by atoms with Gasteiger partial charge in [-0.1, -0.05) is 0 Å². The molecule has 0 atom stereocenters. The molecule has 0 aliphatic carbocycles. The second kappa shape index (κ2) is 6.12. The van der Waals surface area contributed by atoms with Gasteiger partial charge in [0, 0.05) is 18.1 Å². The Morgan fingerprint density at radius 3 is 2.94 bits per heavy atom. The number of rotatable bonds is 5. The molecule has 2 heterocycles. The zero-order valence-corrected chi connectivity index (χ0v) is 12.2. The highest BCUT2D eigenvalue weighted by molar-refractivity contribution is 9.11. The lowest BCUT2D eigenvalue weighted by molar-refractivity contribution is 0.178. The van der Waals surface area contributed by atoms with Crippen molar-refractivity contribution in [2.24, 2.45) is 0 Å². The van der Waals surface area contributed by atoms with Crippen molar-refractivity contribution in [3.63, 3.8) is 0 Å². The summed E-state index contributed by atoms with van der Waals surface area (Å²) in [7, 11) is 1.60. The van der Waals surface area contributed by atoms with E-state index in [0.717, 1.165) is 3.79 Å². The number of anilines is 2. The van der Waals surface area contributed by atoms with E-state index in [0.29, 0.717) is 30.6 Å². The van der Waals surface area contributed by atoms with Crippen LogP contribution in [0.5, 0.6) is 0 Å². The summed E-state index contributed by atoms with van der Waals surface area (Å²) >= 11 is 5.11. The molecule has 0 saturated carbocycles. The van der Waals surface area contributed by atoms with Gasteiger partial charge in [0.1, 0.15) is 18.2 Å². The Morgan fingerprint density at radius 1 is 1.44 bits per heavy atom. The fourth-order valence-corrected chi connectivity index (χ4v) is 2.85. The molecule has 96 valence electrons. The number of hydrogen-bond acceptors (Lipinski definition) is 6. The molecular formula is C11H13BrN4OS. The molecule has 0 spiro atoms. The molecular weight excluding hydrogens is 316 g/mol. The van der Waals surface area contributed by atoms with Gasteiger partial charge in [0.25, 0.3) is 0 Å². The Hall–Kier alpha value is -1.18. The highest BCUT2D eigenvalue weighted by Gasteiger charge is 2.03. The van der Waals surface area contributed by atoms with Crippen molar-refractivity contribution < 1.29 is 4.74 Å². The lowest BCUT2D eigenvalue weighted by atomic mass is 10.4. The van der Waals surface area contributed by atoms with Crippen molar-refractivity contribution in [3.8, 4) is 0 Å². The second-order valence-electron chi connectivity index (χ2n) is 3.59. The van der Waals surface area contributed by atoms with Gasteiger partial charge in [-0.3, -0.25) is 0 Å². The molecule has 0 unspecified atom stereocenters. The Labute approximate surface area is 118 Å². The van der Waals surface area contributed by atoms with E-state index in [-0.39, 0.29) is 0 Å². The first-order valence-corrected chi connectivity index (χ1v) is 6.89. The van der Waals surface area contributed by atoms with E-state index >= 15 is 0 Å². The molecule has 2 rings (SSSR count). The quantitative estimate of drug-likeness (QED) is 0.882. The van der Waals surface area contributed by atoms with Crippen LogP contribution in [-0.2, 0) is 17.9 Å². The molecule has 2 aromatic rings. The Balaban J connectivity index is 2.04. The maximum absolute atomic E-state index is 5.71. The molecule has 5 nitrogen and oxygen atoms in total. The average Bonchev–Trinajstić information content (AvgIpc) is 2.72. The van der Waals surface area contributed by atoms with E-state index < -0.39 is 0 Å². The number of aromatic nitrogens is 2. The van der Waals surface area contributed by atoms with Crippen molar-refractivity contribution in [2.75, 3.05) is 18.2 Å². The number of hydrogen-bond donors (Lipinski definition) is 2. The van der Waals surface area contributed by atoms with Crippen molar-refractivity contribution in [1.29, 1.82) is 0 Å². The van der Waals surface area contributed by atoms with Gasteiger partial charge in [0.2, 0.25) is 0 Å². The van der Waals surface area contributed by atoms with Crippen LogP contribution in [-0.4, -0.2) is 17.1 Å². The van der Waals surface area contributed by atoms with Crippen LogP contribution in [0.2, 0.25) is 0 Å². The molecule has 3 N–H and O–H groups in total. The van der Waals surface area contributed by atoms with Gasteiger partial charge in [-0.05, 0) is 28.1 Å². The molecule has 7 heteroatoms. The standard InChI is InChI=1S/C11H13BrN4OS/c1-17-6-11-15-9(13)4-10(16-11)14-5-7-2-3-8(12)18-7/h2-4H,5-6H2,1H3,(H3,13,14,15,16). The number of halogens is 1. The number of nitrogen functional groups attached to an aromatic ring is 1. The average molecular weight is 329 g/mol. The zero-order valence-electron chi connectivity index (χ0n) is 9.81. The van der Waals surface area contributed by atoms with E-state index in [1.54, 1.807) is 24.5 Å². The number of thiophene rings is 1. The summed E-state index contributed by atoms with van der Waals surface area (Å²) in [5.41, 5.74) is 5.71. The summed E-state index contributed by atoms with van der Waals surface area (Å²) in [6.07, 6.45) is 0. The van der Waals surface area contributed by atoms with Gasteiger partial charge in [-0.15, -0.1) is 11.3 Å². The van der Waals surface area contributed by atoms with Crippen LogP contribution in [0.1, 0.15) is 10.7 Å². The summed E-state index contributed by atoms with van der Waals surface area (Å²) in [5.74, 6) is 1.72. The van der Waals surface area contributed by atoms with E-state index in [2.05, 4.69) is 37.3 Å². The summed E-state index contributed by atoms with van der Waals surface area (Å²) in [6, 6.07) is 5.79. The second-order valence-corrected chi connectivity index (χ2v) is 6.13. The van der Waals surface area contributed by atoms with E-state index in [4.69, 9.17) is 10.5 Å². The first-order valence-electron chi connectivity index (χ1n) is 5.28. The fourth-order valence-electron chi connectivity index (χ4n) is 1.43. The summed E-state index contributed by atoms with van der Waals surface area (Å²) in [4.78, 5) is 9.61. The van der Waals surface area contributed by atoms with E-state index in [9.17, 15) is 0 Å². The predicted molar refractivity (Wildman–Crippen MR) is 76.5 cm³/mol. The molecule has 0 aliphatic rings. The molecule has 0 aromatic carbocycles. The number of ether oxygens (including phenoxy) is 1. The van der Waals surface area contributed by atoms with E-state index in [1.807, 2.05) is 6.07 Å². The summed E-state index contributed by atoms with van der Waals surface area (Å²) in [5, 5.41) is 3.22. The maximum Gasteiger partial charge on any atom is 0.158 e. The molecule has 0 fully saturated rings. The van der Waals surface area contributed by atoms with Crippen LogP contribution in [0.15, 0.2) is 22.0 Å². The first-order chi connectivity index (χ1) is 8.67. The third-order valence-corrected chi connectivity index (χ3v) is 3.76. The smallest absolute Gasteiger partial charge is 0.158 e. The summed E-state index contributed by atoms with van der Waals surface area (Å²) in [6.45, 7) is 1.06. The van der Waals surface area contributed by atoms with E-state index in [1.165, 1.54) is 4.88 Å². The van der Waals surface area contributed by atoms with Crippen molar-refractivity contribution >= 4 is 38.9 Å². The predicted octanol–water partition coefficient (Wildman–Crippen LogP) is 2.64. The highest BCUT2D eigenvalue weighted by atomic mass is 79.9. The lowest BCUT2D eigenvalue weighted by Gasteiger charge is -2.07. The van der Waals surface area contributed by atoms with Crippen LogP contribution >= 0.6 is 27.3 Å².